The Morgan fingerprint density at radius 3 is 2.67 bits per heavy atom. The monoisotopic (exact) mass is 289 g/mol. The van der Waals surface area contributed by atoms with Gasteiger partial charge in [-0.05, 0) is 12.1 Å². The van der Waals surface area contributed by atoms with Crippen LogP contribution in [0, 0.1) is 5.92 Å². The Labute approximate surface area is 120 Å². The molecule has 2 aromatic rings. The number of hydrogen-bond acceptors (Lipinski definition) is 4. The van der Waals surface area contributed by atoms with Gasteiger partial charge in [-0.15, -0.1) is 0 Å². The van der Waals surface area contributed by atoms with Crippen molar-refractivity contribution >= 4 is 22.8 Å². The second-order valence-electron chi connectivity index (χ2n) is 4.91. The molecule has 110 valence electrons. The van der Waals surface area contributed by atoms with Crippen molar-refractivity contribution < 1.29 is 19.1 Å². The molecule has 0 bridgehead atoms. The molecule has 0 saturated heterocycles. The lowest BCUT2D eigenvalue weighted by Gasteiger charge is -2.18. The maximum Gasteiger partial charge on any atom is 0.349 e. The van der Waals surface area contributed by atoms with E-state index >= 15 is 0 Å². The molecule has 1 unspecified atom stereocenters. The van der Waals surface area contributed by atoms with E-state index in [2.05, 4.69) is 0 Å². The number of aliphatic carboxylic acids is 1. The molecule has 1 amide bonds. The van der Waals surface area contributed by atoms with Crippen molar-refractivity contribution in [1.82, 2.24) is 4.90 Å². The Balaban J connectivity index is 2.32. The fourth-order valence-corrected chi connectivity index (χ4v) is 1.99. The predicted molar refractivity (Wildman–Crippen MR) is 76.2 cm³/mol. The molecule has 0 aliphatic heterocycles. The zero-order valence-electron chi connectivity index (χ0n) is 11.7. The zero-order valence-corrected chi connectivity index (χ0v) is 11.7. The summed E-state index contributed by atoms with van der Waals surface area (Å²) in [5, 5.41) is 9.50. The van der Waals surface area contributed by atoms with Crippen molar-refractivity contribution in [2.75, 3.05) is 13.6 Å². The summed E-state index contributed by atoms with van der Waals surface area (Å²) < 4.78 is 5.10. The van der Waals surface area contributed by atoms with Crippen LogP contribution >= 0.6 is 0 Å². The van der Waals surface area contributed by atoms with Crippen molar-refractivity contribution in [2.45, 2.75) is 6.92 Å². The Morgan fingerprint density at radius 1 is 1.33 bits per heavy atom. The number of carbonyl (C=O) groups is 2. The van der Waals surface area contributed by atoms with Gasteiger partial charge in [0, 0.05) is 19.0 Å². The van der Waals surface area contributed by atoms with Gasteiger partial charge in [-0.2, -0.15) is 0 Å². The summed E-state index contributed by atoms with van der Waals surface area (Å²) in [4.78, 5) is 36.1. The molecule has 1 heterocycles. The number of carboxylic acid groups (broad SMARTS) is 1. The molecule has 1 N–H and O–H groups in total. The predicted octanol–water partition coefficient (Wildman–Crippen LogP) is 1.59. The molecule has 0 saturated carbocycles. The fourth-order valence-electron chi connectivity index (χ4n) is 1.99. The van der Waals surface area contributed by atoms with Gasteiger partial charge in [0.15, 0.2) is 0 Å². The Kier molecular flexibility index (Phi) is 4.07. The van der Waals surface area contributed by atoms with Crippen LogP contribution < -0.4 is 5.63 Å². The molecule has 0 fully saturated rings. The normalized spacial score (nSPS) is 12.1. The molecule has 1 aromatic carbocycles. The first-order valence-corrected chi connectivity index (χ1v) is 6.41. The number of carbonyl (C=O) groups excluding carboxylic acids is 1. The molecule has 6 heteroatoms. The smallest absolute Gasteiger partial charge is 0.349 e. The van der Waals surface area contributed by atoms with Crippen LogP contribution in [0.2, 0.25) is 0 Å². The molecule has 0 aliphatic carbocycles. The largest absolute Gasteiger partial charge is 0.481 e. The molecule has 0 spiro atoms. The number of hydrogen-bond donors (Lipinski definition) is 1. The molecular weight excluding hydrogens is 274 g/mol. The Hall–Kier alpha value is -2.63. The van der Waals surface area contributed by atoms with Crippen LogP contribution in [0.1, 0.15) is 17.3 Å². The van der Waals surface area contributed by atoms with Crippen molar-refractivity contribution in [2.24, 2.45) is 5.92 Å². The van der Waals surface area contributed by atoms with Crippen molar-refractivity contribution in [3.8, 4) is 0 Å². The lowest BCUT2D eigenvalue weighted by atomic mass is 10.1. The van der Waals surface area contributed by atoms with Crippen LogP contribution in [0.25, 0.3) is 11.0 Å². The van der Waals surface area contributed by atoms with Gasteiger partial charge in [0.1, 0.15) is 11.1 Å². The minimum atomic E-state index is -1.000. The summed E-state index contributed by atoms with van der Waals surface area (Å²) in [5.41, 5.74) is -0.428. The highest BCUT2D eigenvalue weighted by Crippen LogP contribution is 2.13. The third-order valence-corrected chi connectivity index (χ3v) is 3.19. The van der Waals surface area contributed by atoms with Gasteiger partial charge in [0.2, 0.25) is 0 Å². The van der Waals surface area contributed by atoms with Gasteiger partial charge in [-0.25, -0.2) is 4.79 Å². The average molecular weight is 289 g/mol. The van der Waals surface area contributed by atoms with Crippen LogP contribution in [0.3, 0.4) is 0 Å². The van der Waals surface area contributed by atoms with Gasteiger partial charge < -0.3 is 14.4 Å². The third kappa shape index (κ3) is 3.10. The Bertz CT molecular complexity index is 749. The van der Waals surface area contributed by atoms with E-state index in [1.54, 1.807) is 24.3 Å². The fraction of sp³-hybridized carbons (Fsp3) is 0.267. The summed E-state index contributed by atoms with van der Waals surface area (Å²) in [6.45, 7) is 1.51. The van der Waals surface area contributed by atoms with Crippen molar-refractivity contribution in [3.05, 3.63) is 46.3 Å². The SMILES string of the molecule is CC(CN(C)C(=O)c1cc2ccccc2oc1=O)C(=O)O. The van der Waals surface area contributed by atoms with Gasteiger partial charge in [0.25, 0.3) is 5.91 Å². The molecule has 2 rings (SSSR count). The highest BCUT2D eigenvalue weighted by atomic mass is 16.4. The van der Waals surface area contributed by atoms with E-state index in [-0.39, 0.29) is 12.1 Å². The van der Waals surface area contributed by atoms with Crippen LogP contribution in [0.5, 0.6) is 0 Å². The number of rotatable bonds is 4. The molecule has 1 atom stereocenters. The average Bonchev–Trinajstić information content (AvgIpc) is 2.45. The lowest BCUT2D eigenvalue weighted by molar-refractivity contribution is -0.141. The first-order valence-electron chi connectivity index (χ1n) is 6.41. The van der Waals surface area contributed by atoms with E-state index in [0.29, 0.717) is 11.0 Å². The van der Waals surface area contributed by atoms with E-state index in [1.807, 2.05) is 0 Å². The molecule has 21 heavy (non-hydrogen) atoms. The second-order valence-corrected chi connectivity index (χ2v) is 4.91. The summed E-state index contributed by atoms with van der Waals surface area (Å²) in [6, 6.07) is 8.34. The van der Waals surface area contributed by atoms with Gasteiger partial charge in [-0.3, -0.25) is 9.59 Å². The highest BCUT2D eigenvalue weighted by molar-refractivity contribution is 5.96. The minimum Gasteiger partial charge on any atom is -0.481 e. The molecule has 6 nitrogen and oxygen atoms in total. The Morgan fingerprint density at radius 2 is 2.00 bits per heavy atom. The van der Waals surface area contributed by atoms with E-state index in [4.69, 9.17) is 9.52 Å². The van der Waals surface area contributed by atoms with E-state index in [1.165, 1.54) is 24.9 Å². The summed E-state index contributed by atoms with van der Waals surface area (Å²) in [5.74, 6) is -2.27. The standard InChI is InChI=1S/C15H15NO5/c1-9(14(18)19)8-16(2)13(17)11-7-10-5-3-4-6-12(10)21-15(11)20/h3-7,9H,8H2,1-2H3,(H,18,19). The molecule has 1 aromatic heterocycles. The number of benzene rings is 1. The number of nitrogens with zero attached hydrogens (tertiary/aromatic N) is 1. The first-order chi connectivity index (χ1) is 9.90. The van der Waals surface area contributed by atoms with Gasteiger partial charge in [0.05, 0.1) is 5.92 Å². The van der Waals surface area contributed by atoms with Crippen LogP contribution in [-0.2, 0) is 4.79 Å². The minimum absolute atomic E-state index is 0.0143. The van der Waals surface area contributed by atoms with Gasteiger partial charge in [-0.1, -0.05) is 25.1 Å². The number of amides is 1. The third-order valence-electron chi connectivity index (χ3n) is 3.19. The number of carboxylic acids is 1. The van der Waals surface area contributed by atoms with E-state index in [9.17, 15) is 14.4 Å². The summed E-state index contributed by atoms with van der Waals surface area (Å²) in [7, 11) is 1.45. The van der Waals surface area contributed by atoms with E-state index in [0.717, 1.165) is 0 Å². The quantitative estimate of drug-likeness (QED) is 0.863. The van der Waals surface area contributed by atoms with Crippen molar-refractivity contribution in [3.63, 3.8) is 0 Å². The van der Waals surface area contributed by atoms with Crippen LogP contribution in [-0.4, -0.2) is 35.5 Å². The van der Waals surface area contributed by atoms with Crippen molar-refractivity contribution in [1.29, 1.82) is 0 Å². The summed E-state index contributed by atoms with van der Waals surface area (Å²) in [6.07, 6.45) is 0. The maximum atomic E-state index is 12.2. The summed E-state index contributed by atoms with van der Waals surface area (Å²) >= 11 is 0. The topological polar surface area (TPSA) is 87.8 Å². The van der Waals surface area contributed by atoms with E-state index < -0.39 is 23.4 Å². The maximum absolute atomic E-state index is 12.2. The zero-order chi connectivity index (χ0) is 15.6. The molecular formula is C15H15NO5. The number of para-hydroxylation sites is 1. The molecule has 0 radical (unpaired) electrons. The number of fused-ring (bicyclic) bond motifs is 1. The van der Waals surface area contributed by atoms with Crippen LogP contribution in [0.15, 0.2) is 39.5 Å². The lowest BCUT2D eigenvalue weighted by Crippen LogP contribution is -2.35. The van der Waals surface area contributed by atoms with Crippen LogP contribution in [0.4, 0.5) is 0 Å². The van der Waals surface area contributed by atoms with Gasteiger partial charge >= 0.3 is 11.6 Å². The second kappa shape index (κ2) is 5.78. The first kappa shape index (κ1) is 14.8. The highest BCUT2D eigenvalue weighted by Gasteiger charge is 2.21. The molecule has 0 aliphatic rings.